The van der Waals surface area contributed by atoms with Crippen LogP contribution in [0.5, 0.6) is 0 Å². The van der Waals surface area contributed by atoms with Crippen LogP contribution in [0.2, 0.25) is 0 Å². The van der Waals surface area contributed by atoms with Crippen LogP contribution in [0.1, 0.15) is 6.42 Å². The first-order chi connectivity index (χ1) is 6.03. The van der Waals surface area contributed by atoms with E-state index in [1.54, 1.807) is 0 Å². The second kappa shape index (κ2) is 4.66. The van der Waals surface area contributed by atoms with Crippen LogP contribution in [0.15, 0.2) is 0 Å². The molecular weight excluding hydrogens is 206 g/mol. The lowest BCUT2D eigenvalue weighted by Crippen LogP contribution is -2.30. The largest absolute Gasteiger partial charge is 0.330 e. The normalized spacial score (nSPS) is 26.2. The minimum atomic E-state index is -2.86. The van der Waals surface area contributed by atoms with Gasteiger partial charge in [-0.1, -0.05) is 0 Å². The molecule has 1 aliphatic rings. The van der Waals surface area contributed by atoms with Crippen molar-refractivity contribution in [3.63, 3.8) is 0 Å². The summed E-state index contributed by atoms with van der Waals surface area (Å²) in [4.78, 5) is 0. The molecule has 2 unspecified atom stereocenters. The van der Waals surface area contributed by atoms with Crippen molar-refractivity contribution in [2.24, 2.45) is 17.6 Å². The maximum Gasteiger partial charge on any atom is 0.147 e. The molecule has 0 spiro atoms. The standard InChI is InChI=1S/C8H17NO2S2/c1-13(10,11)6-8(4-9)7-2-3-12-5-7/h7-8H,2-6,9H2,1H3. The van der Waals surface area contributed by atoms with Gasteiger partial charge in [0.1, 0.15) is 9.84 Å². The molecule has 1 saturated heterocycles. The maximum absolute atomic E-state index is 11.1. The molecule has 0 aliphatic carbocycles. The molecule has 1 rings (SSSR count). The fraction of sp³-hybridized carbons (Fsp3) is 1.00. The number of thioether (sulfide) groups is 1. The van der Waals surface area contributed by atoms with Crippen molar-refractivity contribution in [3.8, 4) is 0 Å². The van der Waals surface area contributed by atoms with Gasteiger partial charge in [0, 0.05) is 6.26 Å². The molecule has 2 N–H and O–H groups in total. The van der Waals surface area contributed by atoms with E-state index in [1.165, 1.54) is 6.26 Å². The molecule has 2 atom stereocenters. The maximum atomic E-state index is 11.1. The summed E-state index contributed by atoms with van der Waals surface area (Å²) in [5.41, 5.74) is 5.59. The molecule has 0 radical (unpaired) electrons. The van der Waals surface area contributed by atoms with Crippen molar-refractivity contribution in [2.45, 2.75) is 6.42 Å². The zero-order valence-corrected chi connectivity index (χ0v) is 9.53. The number of hydrogen-bond acceptors (Lipinski definition) is 4. The number of rotatable bonds is 4. The highest BCUT2D eigenvalue weighted by molar-refractivity contribution is 7.99. The van der Waals surface area contributed by atoms with E-state index in [1.807, 2.05) is 11.8 Å². The average molecular weight is 223 g/mol. The summed E-state index contributed by atoms with van der Waals surface area (Å²) < 4.78 is 22.2. The zero-order valence-electron chi connectivity index (χ0n) is 7.90. The molecule has 0 aromatic carbocycles. The van der Waals surface area contributed by atoms with E-state index < -0.39 is 9.84 Å². The first-order valence-electron chi connectivity index (χ1n) is 4.48. The number of sulfone groups is 1. The summed E-state index contributed by atoms with van der Waals surface area (Å²) in [5, 5.41) is 0. The summed E-state index contributed by atoms with van der Waals surface area (Å²) in [6.45, 7) is 0.498. The summed E-state index contributed by atoms with van der Waals surface area (Å²) in [7, 11) is -2.86. The fourth-order valence-electron chi connectivity index (χ4n) is 1.71. The van der Waals surface area contributed by atoms with Gasteiger partial charge in [0.25, 0.3) is 0 Å². The Kier molecular flexibility index (Phi) is 4.06. The molecule has 1 fully saturated rings. The van der Waals surface area contributed by atoms with E-state index in [2.05, 4.69) is 0 Å². The molecule has 5 heteroatoms. The summed E-state index contributed by atoms with van der Waals surface area (Å²) in [6.07, 6.45) is 2.42. The molecule has 0 bridgehead atoms. The molecule has 1 aliphatic heterocycles. The van der Waals surface area contributed by atoms with Gasteiger partial charge in [0.05, 0.1) is 5.75 Å². The Balaban J connectivity index is 2.51. The quantitative estimate of drug-likeness (QED) is 0.747. The minimum Gasteiger partial charge on any atom is -0.330 e. The fourth-order valence-corrected chi connectivity index (χ4v) is 4.27. The minimum absolute atomic E-state index is 0.171. The Morgan fingerprint density at radius 1 is 1.62 bits per heavy atom. The molecule has 0 amide bonds. The van der Waals surface area contributed by atoms with Crippen molar-refractivity contribution in [1.82, 2.24) is 0 Å². The third-order valence-corrected chi connectivity index (χ3v) is 4.67. The Hall–Kier alpha value is 0.260. The van der Waals surface area contributed by atoms with Gasteiger partial charge < -0.3 is 5.73 Å². The van der Waals surface area contributed by atoms with E-state index >= 15 is 0 Å². The molecule has 78 valence electrons. The lowest BCUT2D eigenvalue weighted by atomic mass is 9.94. The highest BCUT2D eigenvalue weighted by Crippen LogP contribution is 2.29. The van der Waals surface area contributed by atoms with Gasteiger partial charge in [-0.05, 0) is 36.3 Å². The second-order valence-corrected chi connectivity index (χ2v) is 7.05. The highest BCUT2D eigenvalue weighted by atomic mass is 32.2. The topological polar surface area (TPSA) is 60.2 Å². The zero-order chi connectivity index (χ0) is 9.90. The van der Waals surface area contributed by atoms with E-state index in [0.717, 1.165) is 17.9 Å². The molecule has 1 heterocycles. The van der Waals surface area contributed by atoms with Crippen LogP contribution < -0.4 is 5.73 Å². The van der Waals surface area contributed by atoms with Crippen LogP contribution in [0.3, 0.4) is 0 Å². The van der Waals surface area contributed by atoms with E-state index in [-0.39, 0.29) is 11.7 Å². The van der Waals surface area contributed by atoms with Gasteiger partial charge in [-0.25, -0.2) is 8.42 Å². The van der Waals surface area contributed by atoms with Gasteiger partial charge in [-0.3, -0.25) is 0 Å². The molecular formula is C8H17NO2S2. The van der Waals surface area contributed by atoms with Gasteiger partial charge in [0.15, 0.2) is 0 Å². The van der Waals surface area contributed by atoms with Crippen LogP contribution in [-0.4, -0.2) is 38.5 Å². The first-order valence-corrected chi connectivity index (χ1v) is 7.70. The van der Waals surface area contributed by atoms with Crippen molar-refractivity contribution in [1.29, 1.82) is 0 Å². The van der Waals surface area contributed by atoms with Crippen LogP contribution in [0.4, 0.5) is 0 Å². The third kappa shape index (κ3) is 3.87. The second-order valence-electron chi connectivity index (χ2n) is 3.71. The van der Waals surface area contributed by atoms with E-state index in [9.17, 15) is 8.42 Å². The monoisotopic (exact) mass is 223 g/mol. The van der Waals surface area contributed by atoms with Crippen LogP contribution in [-0.2, 0) is 9.84 Å². The third-order valence-electron chi connectivity index (χ3n) is 2.45. The van der Waals surface area contributed by atoms with Crippen LogP contribution >= 0.6 is 11.8 Å². The van der Waals surface area contributed by atoms with Gasteiger partial charge in [-0.15, -0.1) is 0 Å². The van der Waals surface area contributed by atoms with Crippen molar-refractivity contribution in [3.05, 3.63) is 0 Å². The highest BCUT2D eigenvalue weighted by Gasteiger charge is 2.26. The lowest BCUT2D eigenvalue weighted by Gasteiger charge is -2.19. The average Bonchev–Trinajstić information content (AvgIpc) is 2.50. The van der Waals surface area contributed by atoms with Crippen LogP contribution in [0.25, 0.3) is 0 Å². The lowest BCUT2D eigenvalue weighted by molar-refractivity contribution is 0.405. The molecule has 0 aromatic rings. The van der Waals surface area contributed by atoms with Crippen molar-refractivity contribution in [2.75, 3.05) is 30.1 Å². The van der Waals surface area contributed by atoms with E-state index in [4.69, 9.17) is 5.73 Å². The molecule has 3 nitrogen and oxygen atoms in total. The molecule has 13 heavy (non-hydrogen) atoms. The SMILES string of the molecule is CS(=O)(=O)CC(CN)C1CCSC1. The van der Waals surface area contributed by atoms with Crippen molar-refractivity contribution >= 4 is 21.6 Å². The smallest absolute Gasteiger partial charge is 0.147 e. The van der Waals surface area contributed by atoms with Gasteiger partial charge in [0.2, 0.25) is 0 Å². The Morgan fingerprint density at radius 3 is 2.69 bits per heavy atom. The number of hydrogen-bond donors (Lipinski definition) is 1. The summed E-state index contributed by atoms with van der Waals surface area (Å²) in [5.74, 6) is 3.19. The Bertz CT molecular complexity index is 245. The van der Waals surface area contributed by atoms with Crippen molar-refractivity contribution < 1.29 is 8.42 Å². The number of nitrogens with two attached hydrogens (primary N) is 1. The van der Waals surface area contributed by atoms with Gasteiger partial charge >= 0.3 is 0 Å². The van der Waals surface area contributed by atoms with Gasteiger partial charge in [-0.2, -0.15) is 11.8 Å². The molecule has 0 aromatic heterocycles. The Morgan fingerprint density at radius 2 is 2.31 bits per heavy atom. The predicted octanol–water partition coefficient (Wildman–Crippen LogP) is 0.359. The Labute approximate surface area is 84.4 Å². The summed E-state index contributed by atoms with van der Waals surface area (Å²) in [6, 6.07) is 0. The first kappa shape index (κ1) is 11.3. The summed E-state index contributed by atoms with van der Waals surface area (Å²) >= 11 is 1.90. The van der Waals surface area contributed by atoms with Crippen LogP contribution in [0, 0.1) is 11.8 Å². The van der Waals surface area contributed by atoms with E-state index in [0.29, 0.717) is 12.5 Å². The predicted molar refractivity (Wildman–Crippen MR) is 57.7 cm³/mol. The molecule has 0 saturated carbocycles.